The minimum Gasteiger partial charge on any atom is -0.338 e. The van der Waals surface area contributed by atoms with Crippen LogP contribution in [0.25, 0.3) is 9.40 Å². The van der Waals surface area contributed by atoms with Crippen LogP contribution in [0.1, 0.15) is 29.4 Å². The zero-order valence-electron chi connectivity index (χ0n) is 13.6. The Bertz CT molecular complexity index is 679. The van der Waals surface area contributed by atoms with Crippen molar-refractivity contribution in [1.82, 2.24) is 9.80 Å². The second-order valence-corrected chi connectivity index (χ2v) is 7.80. The highest BCUT2D eigenvalue weighted by Gasteiger charge is 2.28. The largest absolute Gasteiger partial charge is 0.338 e. The van der Waals surface area contributed by atoms with Crippen LogP contribution in [-0.4, -0.2) is 53.8 Å². The van der Waals surface area contributed by atoms with Crippen molar-refractivity contribution in [2.75, 3.05) is 26.2 Å². The first kappa shape index (κ1) is 19.2. The van der Waals surface area contributed by atoms with Gasteiger partial charge in [-0.05, 0) is 23.9 Å². The summed E-state index contributed by atoms with van der Waals surface area (Å²) >= 11 is 3.20. The standard InChI is InChI=1S/C16H21N3O2S2.ClH/c1-2-3-11(17)15(20)18-5-7-19(8-6-18)16(21)14-10-13-12(23-14)4-9-22-13;/h4,9-11H,2-3,5-8,17H2,1H3;1H. The highest BCUT2D eigenvalue weighted by atomic mass is 35.5. The van der Waals surface area contributed by atoms with E-state index in [9.17, 15) is 9.59 Å². The zero-order chi connectivity index (χ0) is 16.4. The van der Waals surface area contributed by atoms with Gasteiger partial charge in [0.05, 0.1) is 10.9 Å². The Kier molecular flexibility index (Phi) is 6.62. The van der Waals surface area contributed by atoms with Crippen molar-refractivity contribution in [2.45, 2.75) is 25.8 Å². The molecule has 0 spiro atoms. The summed E-state index contributed by atoms with van der Waals surface area (Å²) in [6.07, 6.45) is 1.62. The summed E-state index contributed by atoms with van der Waals surface area (Å²) in [7, 11) is 0. The molecule has 1 aliphatic heterocycles. The van der Waals surface area contributed by atoms with Gasteiger partial charge in [0.25, 0.3) is 5.91 Å². The maximum atomic E-state index is 12.6. The topological polar surface area (TPSA) is 66.6 Å². The monoisotopic (exact) mass is 387 g/mol. The van der Waals surface area contributed by atoms with Crippen molar-refractivity contribution in [1.29, 1.82) is 0 Å². The van der Waals surface area contributed by atoms with Crippen molar-refractivity contribution >= 4 is 56.3 Å². The minimum absolute atomic E-state index is 0. The molecule has 0 bridgehead atoms. The lowest BCUT2D eigenvalue weighted by atomic mass is 10.1. The number of carbonyl (C=O) groups excluding carboxylic acids is 2. The molecule has 5 nitrogen and oxygen atoms in total. The molecule has 0 radical (unpaired) electrons. The van der Waals surface area contributed by atoms with Gasteiger partial charge in [0.15, 0.2) is 0 Å². The van der Waals surface area contributed by atoms with Crippen molar-refractivity contribution < 1.29 is 9.59 Å². The number of piperazine rings is 1. The zero-order valence-corrected chi connectivity index (χ0v) is 16.0. The number of carbonyl (C=O) groups is 2. The van der Waals surface area contributed by atoms with Crippen LogP contribution in [0.2, 0.25) is 0 Å². The lowest BCUT2D eigenvalue weighted by Crippen LogP contribution is -2.54. The van der Waals surface area contributed by atoms with E-state index in [1.54, 1.807) is 27.6 Å². The molecule has 1 fully saturated rings. The van der Waals surface area contributed by atoms with Gasteiger partial charge >= 0.3 is 0 Å². The highest BCUT2D eigenvalue weighted by Crippen LogP contribution is 2.30. The number of hydrogen-bond donors (Lipinski definition) is 1. The minimum atomic E-state index is -0.411. The third-order valence-corrected chi connectivity index (χ3v) is 6.23. The third-order valence-electron chi connectivity index (χ3n) is 4.15. The van der Waals surface area contributed by atoms with Crippen LogP contribution in [0.15, 0.2) is 17.5 Å². The molecular weight excluding hydrogens is 366 g/mol. The Morgan fingerprint density at radius 1 is 1.21 bits per heavy atom. The summed E-state index contributed by atoms with van der Waals surface area (Å²) in [5, 5.41) is 2.04. The van der Waals surface area contributed by atoms with Crippen LogP contribution in [0.3, 0.4) is 0 Å². The summed E-state index contributed by atoms with van der Waals surface area (Å²) in [5.41, 5.74) is 5.91. The molecule has 3 rings (SSSR count). The van der Waals surface area contributed by atoms with E-state index in [0.29, 0.717) is 32.6 Å². The predicted octanol–water partition coefficient (Wildman–Crippen LogP) is 2.80. The molecule has 2 aromatic heterocycles. The Morgan fingerprint density at radius 3 is 2.50 bits per heavy atom. The summed E-state index contributed by atoms with van der Waals surface area (Å²) < 4.78 is 2.33. The molecule has 0 saturated carbocycles. The van der Waals surface area contributed by atoms with Gasteiger partial charge in [-0.25, -0.2) is 0 Å². The van der Waals surface area contributed by atoms with Gasteiger partial charge in [-0.3, -0.25) is 9.59 Å². The number of hydrogen-bond acceptors (Lipinski definition) is 5. The molecule has 0 aromatic carbocycles. The quantitative estimate of drug-likeness (QED) is 0.877. The Morgan fingerprint density at radius 2 is 1.88 bits per heavy atom. The van der Waals surface area contributed by atoms with E-state index in [-0.39, 0.29) is 24.2 Å². The van der Waals surface area contributed by atoms with E-state index in [1.165, 1.54) is 0 Å². The van der Waals surface area contributed by atoms with Crippen LogP contribution >= 0.6 is 35.1 Å². The molecule has 3 heterocycles. The van der Waals surface area contributed by atoms with Crippen LogP contribution < -0.4 is 5.73 Å². The summed E-state index contributed by atoms with van der Waals surface area (Å²) in [6, 6.07) is 3.61. The molecular formula is C16H22ClN3O2S2. The molecule has 24 heavy (non-hydrogen) atoms. The molecule has 132 valence electrons. The first-order valence-electron chi connectivity index (χ1n) is 7.91. The predicted molar refractivity (Wildman–Crippen MR) is 102 cm³/mol. The van der Waals surface area contributed by atoms with E-state index < -0.39 is 6.04 Å². The summed E-state index contributed by atoms with van der Waals surface area (Å²) in [4.78, 5) is 29.2. The number of halogens is 1. The third kappa shape index (κ3) is 3.91. The van der Waals surface area contributed by atoms with Crippen molar-refractivity contribution in [3.63, 3.8) is 0 Å². The molecule has 0 aliphatic carbocycles. The molecule has 1 aliphatic rings. The van der Waals surface area contributed by atoms with Crippen molar-refractivity contribution in [3.05, 3.63) is 22.4 Å². The molecule has 1 saturated heterocycles. The van der Waals surface area contributed by atoms with Gasteiger partial charge in [0.1, 0.15) is 0 Å². The van der Waals surface area contributed by atoms with Gasteiger partial charge in [-0.2, -0.15) is 0 Å². The molecule has 2 amide bonds. The van der Waals surface area contributed by atoms with Gasteiger partial charge in [0.2, 0.25) is 5.91 Å². The van der Waals surface area contributed by atoms with E-state index in [2.05, 4.69) is 0 Å². The van der Waals surface area contributed by atoms with Crippen molar-refractivity contribution in [2.24, 2.45) is 5.73 Å². The van der Waals surface area contributed by atoms with E-state index in [4.69, 9.17) is 5.73 Å². The molecule has 1 atom stereocenters. The van der Waals surface area contributed by atoms with Crippen LogP contribution in [-0.2, 0) is 4.79 Å². The molecule has 8 heteroatoms. The number of amides is 2. The molecule has 2 N–H and O–H groups in total. The maximum Gasteiger partial charge on any atom is 0.264 e. The van der Waals surface area contributed by atoms with Crippen LogP contribution in [0, 0.1) is 0 Å². The Labute approximate surface area is 155 Å². The van der Waals surface area contributed by atoms with Gasteiger partial charge in [0, 0.05) is 35.6 Å². The second kappa shape index (κ2) is 8.29. The normalized spacial score (nSPS) is 16.1. The molecule has 2 aromatic rings. The van der Waals surface area contributed by atoms with Gasteiger partial charge < -0.3 is 15.5 Å². The Hall–Kier alpha value is -1.15. The SMILES string of the molecule is CCCC(N)C(=O)N1CCN(C(=O)c2cc3sccc3s2)CC1.Cl. The average molecular weight is 388 g/mol. The highest BCUT2D eigenvalue weighted by molar-refractivity contribution is 7.27. The van der Waals surface area contributed by atoms with Crippen LogP contribution in [0.5, 0.6) is 0 Å². The summed E-state index contributed by atoms with van der Waals surface area (Å²) in [6.45, 7) is 4.32. The van der Waals surface area contributed by atoms with E-state index in [1.807, 2.05) is 29.3 Å². The van der Waals surface area contributed by atoms with E-state index >= 15 is 0 Å². The number of nitrogens with zero attached hydrogens (tertiary/aromatic N) is 2. The lowest BCUT2D eigenvalue weighted by molar-refractivity contribution is -0.134. The smallest absolute Gasteiger partial charge is 0.264 e. The lowest BCUT2D eigenvalue weighted by Gasteiger charge is -2.35. The fourth-order valence-electron chi connectivity index (χ4n) is 2.83. The van der Waals surface area contributed by atoms with Gasteiger partial charge in [-0.1, -0.05) is 13.3 Å². The Balaban J connectivity index is 0.00000208. The van der Waals surface area contributed by atoms with Crippen LogP contribution in [0.4, 0.5) is 0 Å². The average Bonchev–Trinajstić information content (AvgIpc) is 3.15. The van der Waals surface area contributed by atoms with Gasteiger partial charge in [-0.15, -0.1) is 35.1 Å². The maximum absolute atomic E-state index is 12.6. The number of fused-ring (bicyclic) bond motifs is 1. The fraction of sp³-hybridized carbons (Fsp3) is 0.500. The van der Waals surface area contributed by atoms with E-state index in [0.717, 1.165) is 20.7 Å². The number of nitrogens with two attached hydrogens (primary N) is 1. The molecule has 1 unspecified atom stereocenters. The number of rotatable bonds is 4. The van der Waals surface area contributed by atoms with Crippen molar-refractivity contribution in [3.8, 4) is 0 Å². The fourth-order valence-corrected chi connectivity index (χ4v) is 4.90. The second-order valence-electron chi connectivity index (χ2n) is 5.77. The number of thiophene rings is 2. The summed E-state index contributed by atoms with van der Waals surface area (Å²) in [5.74, 6) is 0.0824. The first-order chi connectivity index (χ1) is 11.1. The first-order valence-corrected chi connectivity index (χ1v) is 9.60.